The molecule has 0 aromatic heterocycles. The first kappa shape index (κ1) is 11.7. The third-order valence-corrected chi connectivity index (χ3v) is 3.86. The van der Waals surface area contributed by atoms with Crippen LogP contribution in [0, 0.1) is 0 Å². The molecule has 90 valence electrons. The lowest BCUT2D eigenvalue weighted by Gasteiger charge is -2.06. The highest BCUT2D eigenvalue weighted by Crippen LogP contribution is 2.37. The zero-order valence-corrected chi connectivity index (χ0v) is 11.7. The Morgan fingerprint density at radius 3 is 2.61 bits per heavy atom. The van der Waals surface area contributed by atoms with E-state index in [-0.39, 0.29) is 10.6 Å². The van der Waals surface area contributed by atoms with Gasteiger partial charge in [0.15, 0.2) is 5.78 Å². The highest BCUT2D eigenvalue weighted by atomic mass is 79.9. The lowest BCUT2D eigenvalue weighted by molar-refractivity contribution is 0.0996. The Balaban J connectivity index is 2.11. The second-order valence-electron chi connectivity index (χ2n) is 4.69. The predicted octanol–water partition coefficient (Wildman–Crippen LogP) is 4.22. The number of carbonyl (C=O) groups excluding carboxylic acids is 1. The molecule has 0 heterocycles. The molecule has 1 aliphatic carbocycles. The molecule has 1 nitrogen and oxygen atoms in total. The van der Waals surface area contributed by atoms with Gasteiger partial charge in [-0.25, -0.2) is 0 Å². The van der Waals surface area contributed by atoms with Crippen LogP contribution in [0.3, 0.4) is 0 Å². The SMILES string of the molecule is CC(Br)C(=O)c1ccc2c(c1)-c1ccccc1C2. The van der Waals surface area contributed by atoms with Crippen LogP contribution in [0.1, 0.15) is 28.4 Å². The third-order valence-electron chi connectivity index (χ3n) is 3.44. The fraction of sp³-hybridized carbons (Fsp3) is 0.188. The zero-order chi connectivity index (χ0) is 12.7. The molecule has 2 aromatic carbocycles. The first-order valence-electron chi connectivity index (χ1n) is 6.06. The van der Waals surface area contributed by atoms with E-state index in [0.717, 1.165) is 12.0 Å². The Hall–Kier alpha value is -1.41. The van der Waals surface area contributed by atoms with Crippen molar-refractivity contribution in [3.8, 4) is 11.1 Å². The summed E-state index contributed by atoms with van der Waals surface area (Å²) in [5.74, 6) is 0.141. The fourth-order valence-electron chi connectivity index (χ4n) is 2.51. The van der Waals surface area contributed by atoms with Crippen LogP contribution < -0.4 is 0 Å². The molecule has 0 fully saturated rings. The summed E-state index contributed by atoms with van der Waals surface area (Å²) in [5.41, 5.74) is 5.93. The average Bonchev–Trinajstić information content (AvgIpc) is 2.75. The minimum Gasteiger partial charge on any atom is -0.293 e. The van der Waals surface area contributed by atoms with Crippen LogP contribution in [0.2, 0.25) is 0 Å². The maximum atomic E-state index is 12.0. The van der Waals surface area contributed by atoms with Crippen molar-refractivity contribution in [3.05, 3.63) is 59.2 Å². The summed E-state index contributed by atoms with van der Waals surface area (Å²) in [6.45, 7) is 1.86. The number of rotatable bonds is 2. The van der Waals surface area contributed by atoms with E-state index in [1.807, 2.05) is 19.1 Å². The standard InChI is InChI=1S/C16H13BrO/c1-10(17)16(18)13-7-6-12-8-11-4-2-3-5-14(11)15(12)9-13/h2-7,9-10H,8H2,1H3. The molecule has 0 bridgehead atoms. The monoisotopic (exact) mass is 300 g/mol. The molecule has 0 saturated heterocycles. The van der Waals surface area contributed by atoms with Gasteiger partial charge in [0.1, 0.15) is 0 Å². The van der Waals surface area contributed by atoms with Crippen LogP contribution >= 0.6 is 15.9 Å². The van der Waals surface area contributed by atoms with Gasteiger partial charge in [0.05, 0.1) is 4.83 Å². The summed E-state index contributed by atoms with van der Waals surface area (Å²) in [7, 11) is 0. The van der Waals surface area contributed by atoms with Gasteiger partial charge in [-0.1, -0.05) is 52.3 Å². The van der Waals surface area contributed by atoms with Gasteiger partial charge in [-0.3, -0.25) is 4.79 Å². The lowest BCUT2D eigenvalue weighted by atomic mass is 10.0. The van der Waals surface area contributed by atoms with Gasteiger partial charge in [-0.15, -0.1) is 0 Å². The Bertz CT molecular complexity index is 629. The Labute approximate surface area is 115 Å². The molecule has 18 heavy (non-hydrogen) atoms. The van der Waals surface area contributed by atoms with Gasteiger partial charge in [-0.2, -0.15) is 0 Å². The van der Waals surface area contributed by atoms with E-state index in [9.17, 15) is 4.79 Å². The number of carbonyl (C=O) groups is 1. The van der Waals surface area contributed by atoms with E-state index in [4.69, 9.17) is 0 Å². The predicted molar refractivity (Wildman–Crippen MR) is 77.4 cm³/mol. The summed E-state index contributed by atoms with van der Waals surface area (Å²) in [5, 5.41) is 0. The van der Waals surface area contributed by atoms with Gasteiger partial charge in [0.2, 0.25) is 0 Å². The van der Waals surface area contributed by atoms with Crippen molar-refractivity contribution in [1.82, 2.24) is 0 Å². The van der Waals surface area contributed by atoms with Gasteiger partial charge in [0.25, 0.3) is 0 Å². The molecule has 0 N–H and O–H groups in total. The van der Waals surface area contributed by atoms with Gasteiger partial charge < -0.3 is 0 Å². The summed E-state index contributed by atoms with van der Waals surface area (Å²) < 4.78 is 0. The van der Waals surface area contributed by atoms with Crippen LogP contribution in [0.4, 0.5) is 0 Å². The van der Waals surface area contributed by atoms with Crippen LogP contribution in [-0.2, 0) is 6.42 Å². The Morgan fingerprint density at radius 1 is 1.11 bits per heavy atom. The topological polar surface area (TPSA) is 17.1 Å². The maximum absolute atomic E-state index is 12.0. The highest BCUT2D eigenvalue weighted by molar-refractivity contribution is 9.10. The van der Waals surface area contributed by atoms with Gasteiger partial charge in [0, 0.05) is 5.56 Å². The van der Waals surface area contributed by atoms with E-state index in [1.54, 1.807) is 0 Å². The van der Waals surface area contributed by atoms with E-state index in [0.29, 0.717) is 0 Å². The van der Waals surface area contributed by atoms with Crippen molar-refractivity contribution in [3.63, 3.8) is 0 Å². The second-order valence-corrected chi connectivity index (χ2v) is 6.06. The van der Waals surface area contributed by atoms with Crippen LogP contribution in [-0.4, -0.2) is 10.6 Å². The van der Waals surface area contributed by atoms with Crippen molar-refractivity contribution >= 4 is 21.7 Å². The van der Waals surface area contributed by atoms with Crippen molar-refractivity contribution in [2.24, 2.45) is 0 Å². The third kappa shape index (κ3) is 1.81. The molecule has 2 heteroatoms. The minimum atomic E-state index is -0.132. The largest absolute Gasteiger partial charge is 0.293 e. The molecule has 1 atom stereocenters. The number of halogens is 1. The number of alkyl halides is 1. The normalized spacial score (nSPS) is 13.9. The van der Waals surface area contributed by atoms with E-state index >= 15 is 0 Å². The van der Waals surface area contributed by atoms with Crippen molar-refractivity contribution in [2.45, 2.75) is 18.2 Å². The molecule has 3 rings (SSSR count). The van der Waals surface area contributed by atoms with Crippen LogP contribution in [0.15, 0.2) is 42.5 Å². The Morgan fingerprint density at radius 2 is 1.83 bits per heavy atom. The van der Waals surface area contributed by atoms with Gasteiger partial charge in [-0.05, 0) is 41.7 Å². The Kier molecular flexibility index (Phi) is 2.83. The quantitative estimate of drug-likeness (QED) is 0.511. The molecule has 1 aliphatic rings. The van der Waals surface area contributed by atoms with Gasteiger partial charge >= 0.3 is 0 Å². The fourth-order valence-corrected chi connectivity index (χ4v) is 2.77. The number of hydrogen-bond donors (Lipinski definition) is 0. The van der Waals surface area contributed by atoms with Crippen molar-refractivity contribution in [1.29, 1.82) is 0 Å². The molecule has 0 spiro atoms. The summed E-state index contributed by atoms with van der Waals surface area (Å²) >= 11 is 3.34. The molecule has 2 aromatic rings. The average molecular weight is 301 g/mol. The van der Waals surface area contributed by atoms with Crippen molar-refractivity contribution in [2.75, 3.05) is 0 Å². The lowest BCUT2D eigenvalue weighted by Crippen LogP contribution is -2.09. The molecule has 0 radical (unpaired) electrons. The summed E-state index contributed by atoms with van der Waals surface area (Å²) in [4.78, 5) is 11.9. The second kappa shape index (κ2) is 4.36. The number of Topliss-reactive ketones (excluding diaryl/α,β-unsaturated/α-hetero) is 1. The first-order valence-corrected chi connectivity index (χ1v) is 6.98. The smallest absolute Gasteiger partial charge is 0.176 e. The molecule has 0 saturated carbocycles. The van der Waals surface area contributed by atoms with Crippen LogP contribution in [0.5, 0.6) is 0 Å². The summed E-state index contributed by atoms with van der Waals surface area (Å²) in [6, 6.07) is 14.5. The molecular formula is C16H13BrO. The number of ketones is 1. The number of benzene rings is 2. The molecular weight excluding hydrogens is 288 g/mol. The van der Waals surface area contributed by atoms with Crippen molar-refractivity contribution < 1.29 is 4.79 Å². The maximum Gasteiger partial charge on any atom is 0.176 e. The first-order chi connectivity index (χ1) is 8.66. The number of hydrogen-bond acceptors (Lipinski definition) is 1. The number of fused-ring (bicyclic) bond motifs is 3. The molecule has 1 unspecified atom stereocenters. The van der Waals surface area contributed by atoms with Crippen LogP contribution in [0.25, 0.3) is 11.1 Å². The van der Waals surface area contributed by atoms with E-state index in [2.05, 4.69) is 46.3 Å². The summed E-state index contributed by atoms with van der Waals surface area (Å²) in [6.07, 6.45) is 0.976. The molecule has 0 aliphatic heterocycles. The van der Waals surface area contributed by atoms with E-state index in [1.165, 1.54) is 22.3 Å². The zero-order valence-electron chi connectivity index (χ0n) is 10.1. The van der Waals surface area contributed by atoms with E-state index < -0.39 is 0 Å². The minimum absolute atomic E-state index is 0.132. The highest BCUT2D eigenvalue weighted by Gasteiger charge is 2.20. The molecule has 0 amide bonds.